The van der Waals surface area contributed by atoms with E-state index < -0.39 is 0 Å². The molecule has 1 aliphatic rings. The molecule has 6 heteroatoms. The Bertz CT molecular complexity index is 1040. The molecule has 2 N–H and O–H groups in total. The van der Waals surface area contributed by atoms with Gasteiger partial charge in [-0.2, -0.15) is 0 Å². The van der Waals surface area contributed by atoms with E-state index in [4.69, 9.17) is 9.72 Å². The van der Waals surface area contributed by atoms with Crippen LogP contribution in [0.3, 0.4) is 0 Å². The average molecular weight is 417 g/mol. The van der Waals surface area contributed by atoms with Gasteiger partial charge in [-0.15, -0.1) is 12.8 Å². The Kier molecular flexibility index (Phi) is 7.83. The summed E-state index contributed by atoms with van der Waals surface area (Å²) in [6, 6.07) is 13.2. The second kappa shape index (κ2) is 11.0. The molecule has 1 aromatic carbocycles. The highest BCUT2D eigenvalue weighted by molar-refractivity contribution is 5.92. The van der Waals surface area contributed by atoms with Gasteiger partial charge in [0.2, 0.25) is 0 Å². The van der Waals surface area contributed by atoms with Crippen LogP contribution in [0.4, 0.5) is 5.82 Å². The standard InChI is InChI=1S/C23H26N4O2.C2H2/c1-24-23(28)21-14-19(11-12-25-21)29-18-8-9-20-17(13-18)7-10-22(27-20)26-15-16-5-3-2-4-6-16;1-2/h7-14,16H,2-6,15H2,1H3,(H,24,28)(H,26,27);1-2H. The first kappa shape index (κ1) is 22.1. The van der Waals surface area contributed by atoms with Gasteiger partial charge in [0, 0.05) is 31.2 Å². The molecule has 6 nitrogen and oxygen atoms in total. The number of rotatable bonds is 6. The Labute approximate surface area is 183 Å². The summed E-state index contributed by atoms with van der Waals surface area (Å²) in [7, 11) is 1.58. The molecule has 4 rings (SSSR count). The number of hydrogen-bond donors (Lipinski definition) is 2. The predicted octanol–water partition coefficient (Wildman–Crippen LogP) is 5.02. The van der Waals surface area contributed by atoms with Gasteiger partial charge in [-0.3, -0.25) is 9.78 Å². The summed E-state index contributed by atoms with van der Waals surface area (Å²) in [4.78, 5) is 20.5. The largest absolute Gasteiger partial charge is 0.457 e. The topological polar surface area (TPSA) is 76.1 Å². The van der Waals surface area contributed by atoms with Crippen LogP contribution in [-0.4, -0.2) is 29.5 Å². The van der Waals surface area contributed by atoms with Crippen molar-refractivity contribution >= 4 is 22.6 Å². The summed E-state index contributed by atoms with van der Waals surface area (Å²) in [6.45, 7) is 0.995. The van der Waals surface area contributed by atoms with Gasteiger partial charge in [0.1, 0.15) is 23.0 Å². The van der Waals surface area contributed by atoms with Crippen LogP contribution in [0.1, 0.15) is 42.6 Å². The molecule has 1 fully saturated rings. The van der Waals surface area contributed by atoms with Crippen molar-refractivity contribution in [3.8, 4) is 24.3 Å². The van der Waals surface area contributed by atoms with E-state index in [1.807, 2.05) is 24.3 Å². The molecule has 0 saturated heterocycles. The highest BCUT2D eigenvalue weighted by Crippen LogP contribution is 2.27. The van der Waals surface area contributed by atoms with Crippen LogP contribution in [0.15, 0.2) is 48.7 Å². The number of anilines is 1. The van der Waals surface area contributed by atoms with E-state index in [2.05, 4.69) is 34.5 Å². The number of carbonyl (C=O) groups excluding carboxylic acids is 1. The number of fused-ring (bicyclic) bond motifs is 1. The van der Waals surface area contributed by atoms with Crippen LogP contribution in [-0.2, 0) is 0 Å². The van der Waals surface area contributed by atoms with Gasteiger partial charge >= 0.3 is 0 Å². The molecule has 0 spiro atoms. The summed E-state index contributed by atoms with van der Waals surface area (Å²) in [5, 5.41) is 7.06. The number of amides is 1. The second-order valence-electron chi connectivity index (χ2n) is 7.49. The minimum absolute atomic E-state index is 0.244. The quantitative estimate of drug-likeness (QED) is 0.552. The molecule has 1 aliphatic carbocycles. The number of ether oxygens (including phenoxy) is 1. The van der Waals surface area contributed by atoms with Gasteiger partial charge < -0.3 is 15.4 Å². The Morgan fingerprint density at radius 1 is 1.06 bits per heavy atom. The van der Waals surface area contributed by atoms with Crippen molar-refractivity contribution in [2.24, 2.45) is 5.92 Å². The predicted molar refractivity (Wildman–Crippen MR) is 124 cm³/mol. The van der Waals surface area contributed by atoms with Crippen LogP contribution in [0, 0.1) is 18.8 Å². The van der Waals surface area contributed by atoms with Gasteiger partial charge in [0.05, 0.1) is 5.52 Å². The zero-order valence-corrected chi connectivity index (χ0v) is 17.8. The normalized spacial score (nSPS) is 13.6. The Morgan fingerprint density at radius 2 is 1.84 bits per heavy atom. The van der Waals surface area contributed by atoms with Gasteiger partial charge in [0.15, 0.2) is 0 Å². The number of pyridine rings is 2. The molecule has 0 bridgehead atoms. The lowest BCUT2D eigenvalue weighted by Crippen LogP contribution is -2.18. The zero-order chi connectivity index (χ0) is 22.1. The monoisotopic (exact) mass is 416 g/mol. The lowest BCUT2D eigenvalue weighted by molar-refractivity contribution is 0.0958. The molecule has 1 amide bonds. The van der Waals surface area contributed by atoms with E-state index in [1.165, 1.54) is 32.1 Å². The molecule has 1 saturated carbocycles. The lowest BCUT2D eigenvalue weighted by Gasteiger charge is -2.22. The molecule has 0 aliphatic heterocycles. The lowest BCUT2D eigenvalue weighted by atomic mass is 9.89. The zero-order valence-electron chi connectivity index (χ0n) is 17.8. The molecule has 160 valence electrons. The van der Waals surface area contributed by atoms with Crippen LogP contribution < -0.4 is 15.4 Å². The minimum atomic E-state index is -0.244. The number of nitrogens with one attached hydrogen (secondary N) is 2. The number of benzene rings is 1. The number of hydrogen-bond acceptors (Lipinski definition) is 5. The van der Waals surface area contributed by atoms with E-state index >= 15 is 0 Å². The third-order valence-corrected chi connectivity index (χ3v) is 5.38. The van der Waals surface area contributed by atoms with Crippen LogP contribution >= 0.6 is 0 Å². The van der Waals surface area contributed by atoms with Crippen molar-refractivity contribution in [2.45, 2.75) is 32.1 Å². The Hall–Kier alpha value is -3.59. The van der Waals surface area contributed by atoms with E-state index in [-0.39, 0.29) is 5.91 Å². The van der Waals surface area contributed by atoms with Gasteiger partial charge in [-0.05, 0) is 55.2 Å². The number of aromatic nitrogens is 2. The third-order valence-electron chi connectivity index (χ3n) is 5.38. The molecule has 0 radical (unpaired) electrons. The molecule has 2 heterocycles. The van der Waals surface area contributed by atoms with Crippen LogP contribution in [0.2, 0.25) is 0 Å². The highest BCUT2D eigenvalue weighted by Gasteiger charge is 2.13. The Morgan fingerprint density at radius 3 is 2.61 bits per heavy atom. The van der Waals surface area contributed by atoms with Gasteiger partial charge in [0.25, 0.3) is 5.91 Å². The van der Waals surface area contributed by atoms with Crippen LogP contribution in [0.5, 0.6) is 11.5 Å². The van der Waals surface area contributed by atoms with Crippen molar-refractivity contribution in [3.63, 3.8) is 0 Å². The fourth-order valence-corrected chi connectivity index (χ4v) is 3.77. The van der Waals surface area contributed by atoms with Crippen LogP contribution in [0.25, 0.3) is 10.9 Å². The van der Waals surface area contributed by atoms with Gasteiger partial charge in [-0.25, -0.2) is 4.98 Å². The van der Waals surface area contributed by atoms with Crippen molar-refractivity contribution < 1.29 is 9.53 Å². The summed E-state index contributed by atoms with van der Waals surface area (Å²) >= 11 is 0. The highest BCUT2D eigenvalue weighted by atomic mass is 16.5. The summed E-state index contributed by atoms with van der Waals surface area (Å²) < 4.78 is 5.92. The smallest absolute Gasteiger partial charge is 0.269 e. The molecule has 31 heavy (non-hydrogen) atoms. The summed E-state index contributed by atoms with van der Waals surface area (Å²) in [5.41, 5.74) is 1.24. The maximum absolute atomic E-state index is 11.7. The number of carbonyl (C=O) groups is 1. The first-order valence-electron chi connectivity index (χ1n) is 10.6. The van der Waals surface area contributed by atoms with E-state index in [1.54, 1.807) is 25.4 Å². The van der Waals surface area contributed by atoms with Gasteiger partial charge in [-0.1, -0.05) is 19.3 Å². The van der Waals surface area contributed by atoms with Crippen molar-refractivity contribution in [3.05, 3.63) is 54.4 Å². The number of terminal acetylenes is 1. The Balaban J connectivity index is 0.00000132. The van der Waals surface area contributed by atoms with E-state index in [0.717, 1.165) is 29.2 Å². The summed E-state index contributed by atoms with van der Waals surface area (Å²) in [5.74, 6) is 2.69. The SMILES string of the molecule is C#C.CNC(=O)c1cc(Oc2ccc3nc(NCC4CCCCC4)ccc3c2)ccn1. The van der Waals surface area contributed by atoms with Crippen molar-refractivity contribution in [1.29, 1.82) is 0 Å². The molecule has 3 aromatic rings. The fraction of sp³-hybridized carbons (Fsp3) is 0.320. The maximum atomic E-state index is 11.7. The third kappa shape index (κ3) is 5.95. The van der Waals surface area contributed by atoms with E-state index in [0.29, 0.717) is 17.2 Å². The molecular formula is C25H28N4O2. The maximum Gasteiger partial charge on any atom is 0.269 e. The first-order valence-corrected chi connectivity index (χ1v) is 10.6. The molecular weight excluding hydrogens is 388 g/mol. The van der Waals surface area contributed by atoms with E-state index in [9.17, 15) is 4.79 Å². The molecule has 0 atom stereocenters. The van der Waals surface area contributed by atoms with Crippen molar-refractivity contribution in [1.82, 2.24) is 15.3 Å². The minimum Gasteiger partial charge on any atom is -0.457 e. The second-order valence-corrected chi connectivity index (χ2v) is 7.49. The molecule has 2 aromatic heterocycles. The fourth-order valence-electron chi connectivity index (χ4n) is 3.77. The molecule has 0 unspecified atom stereocenters. The summed E-state index contributed by atoms with van der Waals surface area (Å²) in [6.07, 6.45) is 16.3. The average Bonchev–Trinajstić information content (AvgIpc) is 2.84. The first-order chi connectivity index (χ1) is 15.2. The van der Waals surface area contributed by atoms with Crippen molar-refractivity contribution in [2.75, 3.05) is 18.9 Å². The number of nitrogens with zero attached hydrogens (tertiary/aromatic N) is 2.